The van der Waals surface area contributed by atoms with E-state index in [1.54, 1.807) is 4.57 Å². The molecule has 0 aliphatic carbocycles. The van der Waals surface area contributed by atoms with E-state index in [1.807, 2.05) is 0 Å². The van der Waals surface area contributed by atoms with E-state index in [-0.39, 0.29) is 23.5 Å². The third-order valence-corrected chi connectivity index (χ3v) is 8.30. The number of nitrogen functional groups attached to an aromatic ring is 1. The molecule has 20 nitrogen and oxygen atoms in total. The quantitative estimate of drug-likeness (QED) is 0.126. The van der Waals surface area contributed by atoms with E-state index in [9.17, 15) is 17.8 Å². The highest BCUT2D eigenvalue weighted by Crippen LogP contribution is 2.40. The monoisotopic (exact) mass is 646 g/mol. The van der Waals surface area contributed by atoms with Gasteiger partial charge in [0.05, 0.1) is 31.7 Å². The van der Waals surface area contributed by atoms with Crippen molar-refractivity contribution in [2.24, 2.45) is 0 Å². The highest BCUT2D eigenvalue weighted by atomic mass is 32.2. The first-order valence-electron chi connectivity index (χ1n) is 12.6. The van der Waals surface area contributed by atoms with Crippen molar-refractivity contribution in [3.05, 3.63) is 35.7 Å². The van der Waals surface area contributed by atoms with Crippen LogP contribution in [0.3, 0.4) is 0 Å². The summed E-state index contributed by atoms with van der Waals surface area (Å²) in [6.07, 6.45) is -2.73. The zero-order chi connectivity index (χ0) is 30.5. The van der Waals surface area contributed by atoms with Crippen LogP contribution in [0.5, 0.6) is 0 Å². The van der Waals surface area contributed by atoms with E-state index < -0.39 is 67.2 Å². The van der Waals surface area contributed by atoms with Gasteiger partial charge in [-0.2, -0.15) is 13.1 Å². The smallest absolute Gasteiger partial charge is 0.382 e. The van der Waals surface area contributed by atoms with Crippen LogP contribution >= 0.6 is 7.82 Å². The molecule has 6 heterocycles. The molecule has 2 saturated heterocycles. The van der Waals surface area contributed by atoms with Crippen molar-refractivity contribution in [1.82, 2.24) is 43.8 Å². The largest absolute Gasteiger partial charge is 0.469 e. The van der Waals surface area contributed by atoms with Gasteiger partial charge in [-0.3, -0.25) is 18.5 Å². The van der Waals surface area contributed by atoms with Gasteiger partial charge in [-0.25, -0.2) is 38.1 Å². The molecule has 43 heavy (non-hydrogen) atoms. The van der Waals surface area contributed by atoms with Gasteiger partial charge in [0, 0.05) is 6.54 Å². The average Bonchev–Trinajstić information content (AvgIpc) is 3.73. The number of hydrogen-bond acceptors (Lipinski definition) is 14. The summed E-state index contributed by atoms with van der Waals surface area (Å²) < 4.78 is 78.7. The number of H-pyrrole nitrogens is 1. The Morgan fingerprint density at radius 3 is 2.65 bits per heavy atom. The van der Waals surface area contributed by atoms with Crippen LogP contribution < -0.4 is 16.0 Å². The molecule has 0 aromatic carbocycles. The average molecular weight is 647 g/mol. The van der Waals surface area contributed by atoms with Gasteiger partial charge in [-0.15, -0.1) is 0 Å². The number of hydrogen-bond donors (Lipinski definition) is 5. The van der Waals surface area contributed by atoms with Gasteiger partial charge in [-0.05, 0) is 12.8 Å². The fraction of sp³-hybridized carbons (Fsp3) is 0.500. The highest BCUT2D eigenvalue weighted by molar-refractivity contribution is 7.84. The fourth-order valence-corrected chi connectivity index (χ4v) is 6.21. The van der Waals surface area contributed by atoms with Gasteiger partial charge in [0.1, 0.15) is 30.3 Å². The Bertz CT molecular complexity index is 1860. The summed E-state index contributed by atoms with van der Waals surface area (Å²) in [5.74, 6) is 0.197. The Morgan fingerprint density at radius 2 is 1.86 bits per heavy atom. The Balaban J connectivity index is 1.14. The van der Waals surface area contributed by atoms with Crippen molar-refractivity contribution in [1.29, 1.82) is 0 Å². The van der Waals surface area contributed by atoms with E-state index in [2.05, 4.69) is 39.1 Å². The predicted octanol–water partition coefficient (Wildman–Crippen LogP) is -1.22. The number of nitrogens with one attached hydrogen (secondary N) is 2. The fourth-order valence-electron chi connectivity index (χ4n) is 4.88. The number of halogens is 1. The van der Waals surface area contributed by atoms with E-state index >= 15 is 4.39 Å². The molecule has 23 heteroatoms. The summed E-state index contributed by atoms with van der Waals surface area (Å²) >= 11 is 0. The first-order valence-corrected chi connectivity index (χ1v) is 15.5. The third kappa shape index (κ3) is 6.01. The van der Waals surface area contributed by atoms with Crippen molar-refractivity contribution in [3.8, 4) is 0 Å². The molecule has 0 radical (unpaired) electrons. The maximum Gasteiger partial charge on any atom is 0.469 e. The predicted molar refractivity (Wildman–Crippen MR) is 140 cm³/mol. The maximum atomic E-state index is 15.7. The number of aromatic amines is 1. The molecular formula is C20H24FN10O10PS. The summed E-state index contributed by atoms with van der Waals surface area (Å²) in [4.78, 5) is 52.6. The summed E-state index contributed by atoms with van der Waals surface area (Å²) in [5.41, 5.74) is 5.82. The second-order valence-electron chi connectivity index (χ2n) is 9.59. The zero-order valence-electron chi connectivity index (χ0n) is 21.7. The molecule has 6 rings (SSSR count). The van der Waals surface area contributed by atoms with Crippen molar-refractivity contribution in [2.45, 2.75) is 49.8 Å². The van der Waals surface area contributed by atoms with Gasteiger partial charge in [0.2, 0.25) is 0 Å². The third-order valence-electron chi connectivity index (χ3n) is 6.82. The van der Waals surface area contributed by atoms with Crippen molar-refractivity contribution >= 4 is 46.3 Å². The van der Waals surface area contributed by atoms with Crippen molar-refractivity contribution in [2.75, 3.05) is 18.9 Å². The molecule has 0 bridgehead atoms. The van der Waals surface area contributed by atoms with Crippen LogP contribution in [0, 0.1) is 0 Å². The van der Waals surface area contributed by atoms with Gasteiger partial charge >= 0.3 is 18.1 Å². The van der Waals surface area contributed by atoms with E-state index in [0.29, 0.717) is 24.0 Å². The molecule has 0 spiro atoms. The first kappa shape index (κ1) is 29.6. The lowest BCUT2D eigenvalue weighted by Crippen LogP contribution is -2.41. The summed E-state index contributed by atoms with van der Waals surface area (Å²) in [5, 5.41) is 0. The number of alkyl halides is 1. The normalized spacial score (nSPS) is 26.6. The van der Waals surface area contributed by atoms with Crippen LogP contribution in [0.25, 0.3) is 22.3 Å². The first-order chi connectivity index (χ1) is 20.4. The Hall–Kier alpha value is -3.47. The number of rotatable bonds is 10. The van der Waals surface area contributed by atoms with Gasteiger partial charge < -0.3 is 30.0 Å². The standard InChI is InChI=1S/C20H24FN10O10PS/c21-12-15(10(4-38-42(33,34)35)40-20(12)31-8-28-14-18(31)25-6-26-19(14)32)41-43(36,37)29-3-9-1-2-11(39-9)30-7-27-13-16(22)23-5-24-17(13)30/h5-12,15,20,29H,1-4H2,(H2,22,23,24)(H,25,26,32)(H2,33,34,35)/t9-,10+,11+,12+,15+,20+/m0/s1. The van der Waals surface area contributed by atoms with E-state index in [4.69, 9.17) is 29.2 Å². The van der Waals surface area contributed by atoms with Gasteiger partial charge in [0.25, 0.3) is 5.56 Å². The molecule has 2 aliphatic rings. The second kappa shape index (κ2) is 11.2. The number of imidazole rings is 2. The number of phosphoric acid groups is 1. The highest BCUT2D eigenvalue weighted by Gasteiger charge is 2.50. The van der Waals surface area contributed by atoms with Gasteiger partial charge in [-0.1, -0.05) is 0 Å². The minimum Gasteiger partial charge on any atom is -0.382 e. The van der Waals surface area contributed by atoms with Crippen molar-refractivity contribution < 1.29 is 45.3 Å². The van der Waals surface area contributed by atoms with Crippen LogP contribution in [0.15, 0.2) is 30.1 Å². The summed E-state index contributed by atoms with van der Waals surface area (Å²) in [6.45, 7) is -1.18. The Morgan fingerprint density at radius 1 is 1.12 bits per heavy atom. The number of anilines is 1. The van der Waals surface area contributed by atoms with Crippen LogP contribution in [-0.2, 0) is 33.0 Å². The van der Waals surface area contributed by atoms with E-state index in [1.165, 1.54) is 12.7 Å². The SMILES string of the molecule is Nc1ncnc2c1ncn2[C@H]1CC[C@@H](CNS(=O)(=O)O[C@H]2[C@@H](F)[C@H](n3cnc4c(=O)[nH]cnc43)O[C@@H]2COP(=O)(O)O)O1. The lowest BCUT2D eigenvalue weighted by Gasteiger charge is -2.20. The summed E-state index contributed by atoms with van der Waals surface area (Å²) in [7, 11) is -9.73. The minimum absolute atomic E-state index is 0.0829. The molecule has 232 valence electrons. The summed E-state index contributed by atoms with van der Waals surface area (Å²) in [6, 6.07) is 0. The molecular weight excluding hydrogens is 622 g/mol. The second-order valence-corrected chi connectivity index (χ2v) is 12.2. The molecule has 4 aromatic heterocycles. The van der Waals surface area contributed by atoms with Crippen LogP contribution in [-0.4, -0.2) is 94.9 Å². The number of nitrogens with zero attached hydrogens (tertiary/aromatic N) is 7. The number of phosphoric ester groups is 1. The van der Waals surface area contributed by atoms with Crippen molar-refractivity contribution in [3.63, 3.8) is 0 Å². The van der Waals surface area contributed by atoms with Crippen LogP contribution in [0.2, 0.25) is 0 Å². The number of ether oxygens (including phenoxy) is 2. The molecule has 0 saturated carbocycles. The molecule has 6 atom stereocenters. The van der Waals surface area contributed by atoms with Crippen LogP contribution in [0.4, 0.5) is 10.2 Å². The number of nitrogens with two attached hydrogens (primary N) is 1. The molecule has 4 aromatic rings. The molecule has 6 N–H and O–H groups in total. The van der Waals surface area contributed by atoms with Gasteiger partial charge in [0.15, 0.2) is 35.0 Å². The Labute approximate surface area is 239 Å². The molecule has 2 fully saturated rings. The lowest BCUT2D eigenvalue weighted by atomic mass is 10.1. The Kier molecular flexibility index (Phi) is 7.73. The zero-order valence-corrected chi connectivity index (χ0v) is 23.4. The van der Waals surface area contributed by atoms with Crippen LogP contribution in [0.1, 0.15) is 25.3 Å². The number of aromatic nitrogens is 8. The molecule has 2 aliphatic heterocycles. The maximum absolute atomic E-state index is 15.7. The lowest BCUT2D eigenvalue weighted by molar-refractivity contribution is -0.0425. The topological polar surface area (TPSA) is 274 Å². The molecule has 0 amide bonds. The molecule has 0 unspecified atom stereocenters. The minimum atomic E-state index is -5.05. The van der Waals surface area contributed by atoms with E-state index in [0.717, 1.165) is 17.2 Å². The number of fused-ring (bicyclic) bond motifs is 2.